The lowest BCUT2D eigenvalue weighted by Crippen LogP contribution is -2.43. The summed E-state index contributed by atoms with van der Waals surface area (Å²) in [6.07, 6.45) is 17.7. The highest BCUT2D eigenvalue weighted by Crippen LogP contribution is 2.54. The fraction of sp³-hybridized carbons (Fsp3) is 1.00. The van der Waals surface area contributed by atoms with Gasteiger partial charge in [0, 0.05) is 4.32 Å². The molecule has 0 N–H and O–H groups in total. The van der Waals surface area contributed by atoms with Crippen molar-refractivity contribution in [1.29, 1.82) is 0 Å². The van der Waals surface area contributed by atoms with Crippen LogP contribution in [-0.4, -0.2) is 4.32 Å². The number of unbranched alkanes of at least 4 members (excludes halogenated alkanes) is 4. The van der Waals surface area contributed by atoms with Gasteiger partial charge in [0.25, 0.3) is 0 Å². The average Bonchev–Trinajstić information content (AvgIpc) is 2.51. The molecule has 0 aromatic carbocycles. The van der Waals surface area contributed by atoms with Crippen LogP contribution in [0.1, 0.15) is 118 Å². The molecule has 0 radical (unpaired) electrons. The van der Waals surface area contributed by atoms with Gasteiger partial charge in [-0.2, -0.15) is 0 Å². The first-order chi connectivity index (χ1) is 10.1. The largest absolute Gasteiger partial charge is 0.0847 e. The summed E-state index contributed by atoms with van der Waals surface area (Å²) in [5, 5.41) is 0. The predicted molar refractivity (Wildman–Crippen MR) is 102 cm³/mol. The molecule has 0 saturated heterocycles. The Kier molecular flexibility index (Phi) is 12.2. The van der Waals surface area contributed by atoms with E-state index in [1.54, 1.807) is 0 Å². The van der Waals surface area contributed by atoms with E-state index in [0.29, 0.717) is 9.74 Å². The second kappa shape index (κ2) is 12.0. The van der Waals surface area contributed by atoms with Crippen LogP contribution in [0, 0.1) is 5.41 Å². The summed E-state index contributed by atoms with van der Waals surface area (Å²) in [6, 6.07) is 0. The van der Waals surface area contributed by atoms with Gasteiger partial charge in [-0.3, -0.25) is 0 Å². The van der Waals surface area contributed by atoms with Crippen LogP contribution in [0.15, 0.2) is 0 Å². The van der Waals surface area contributed by atoms with E-state index in [9.17, 15) is 0 Å². The highest BCUT2D eigenvalue weighted by Gasteiger charge is 2.46. The number of rotatable bonds is 14. The Balaban J connectivity index is 5.26. The van der Waals surface area contributed by atoms with Gasteiger partial charge in [-0.15, -0.1) is 0 Å². The van der Waals surface area contributed by atoms with Crippen molar-refractivity contribution in [1.82, 2.24) is 0 Å². The van der Waals surface area contributed by atoms with Crippen molar-refractivity contribution in [2.45, 2.75) is 122 Å². The van der Waals surface area contributed by atoms with E-state index < -0.39 is 0 Å². The molecule has 0 spiro atoms. The maximum Gasteiger partial charge on any atom is 0.0314 e. The number of alkyl halides is 1. The van der Waals surface area contributed by atoms with Gasteiger partial charge >= 0.3 is 0 Å². The summed E-state index contributed by atoms with van der Waals surface area (Å²) in [7, 11) is 0. The first-order valence-electron chi connectivity index (χ1n) is 9.74. The van der Waals surface area contributed by atoms with Crippen LogP contribution in [0.5, 0.6) is 0 Å². The molecule has 0 aliphatic rings. The SMILES string of the molecule is CCCCC(Br)(CCCC)C(CC)(CCCC)CCCC. The van der Waals surface area contributed by atoms with Crippen molar-refractivity contribution in [2.75, 3.05) is 0 Å². The van der Waals surface area contributed by atoms with Crippen LogP contribution in [0.25, 0.3) is 0 Å². The third-order valence-corrected chi connectivity index (χ3v) is 7.13. The Bertz CT molecular complexity index is 218. The van der Waals surface area contributed by atoms with E-state index >= 15 is 0 Å². The summed E-state index contributed by atoms with van der Waals surface area (Å²) in [5.41, 5.74) is 0.517. The Labute approximate surface area is 144 Å². The normalized spacial score (nSPS) is 12.9. The highest BCUT2D eigenvalue weighted by molar-refractivity contribution is 9.10. The molecular formula is C20H41Br. The molecule has 0 saturated carbocycles. The molecule has 0 aromatic rings. The third kappa shape index (κ3) is 6.63. The molecule has 0 heterocycles. The predicted octanol–water partition coefficient (Wildman–Crippen LogP) is 8.28. The molecule has 21 heavy (non-hydrogen) atoms. The van der Waals surface area contributed by atoms with Gasteiger partial charge in [0.1, 0.15) is 0 Å². The van der Waals surface area contributed by atoms with Gasteiger partial charge in [-0.25, -0.2) is 0 Å². The zero-order valence-corrected chi connectivity index (χ0v) is 17.2. The number of hydrogen-bond donors (Lipinski definition) is 0. The molecule has 0 bridgehead atoms. The second-order valence-electron chi connectivity index (χ2n) is 7.01. The monoisotopic (exact) mass is 360 g/mol. The molecule has 0 unspecified atom stereocenters. The van der Waals surface area contributed by atoms with Crippen LogP contribution in [-0.2, 0) is 0 Å². The Morgan fingerprint density at radius 2 is 0.905 bits per heavy atom. The first kappa shape index (κ1) is 21.5. The van der Waals surface area contributed by atoms with Crippen molar-refractivity contribution >= 4 is 15.9 Å². The van der Waals surface area contributed by atoms with Crippen LogP contribution in [0.4, 0.5) is 0 Å². The summed E-state index contributed by atoms with van der Waals surface area (Å²) in [4.78, 5) is 0. The zero-order chi connectivity index (χ0) is 16.2. The third-order valence-electron chi connectivity index (χ3n) is 5.50. The molecule has 0 atom stereocenters. The van der Waals surface area contributed by atoms with E-state index in [2.05, 4.69) is 50.5 Å². The summed E-state index contributed by atoms with van der Waals surface area (Å²) in [6.45, 7) is 11.8. The van der Waals surface area contributed by atoms with Gasteiger partial charge in [0.2, 0.25) is 0 Å². The van der Waals surface area contributed by atoms with Crippen LogP contribution in [0.3, 0.4) is 0 Å². The molecular weight excluding hydrogens is 320 g/mol. The molecule has 1 heteroatoms. The molecule has 0 fully saturated rings. The highest BCUT2D eigenvalue weighted by atomic mass is 79.9. The summed E-state index contributed by atoms with van der Waals surface area (Å²) < 4.78 is 0.380. The van der Waals surface area contributed by atoms with Gasteiger partial charge in [-0.05, 0) is 37.5 Å². The molecule has 0 amide bonds. The van der Waals surface area contributed by atoms with E-state index in [0.717, 1.165) is 0 Å². The van der Waals surface area contributed by atoms with E-state index in [1.165, 1.54) is 83.5 Å². The lowest BCUT2D eigenvalue weighted by atomic mass is 9.63. The van der Waals surface area contributed by atoms with Crippen LogP contribution >= 0.6 is 15.9 Å². The fourth-order valence-electron chi connectivity index (χ4n) is 3.84. The minimum absolute atomic E-state index is 0.380. The van der Waals surface area contributed by atoms with E-state index in [-0.39, 0.29) is 0 Å². The lowest BCUT2D eigenvalue weighted by Gasteiger charge is -2.48. The second-order valence-corrected chi connectivity index (χ2v) is 8.53. The van der Waals surface area contributed by atoms with Gasteiger partial charge in [0.05, 0.1) is 0 Å². The minimum atomic E-state index is 0.380. The molecule has 0 aliphatic heterocycles. The molecule has 128 valence electrons. The Morgan fingerprint density at radius 3 is 1.19 bits per heavy atom. The van der Waals surface area contributed by atoms with E-state index in [4.69, 9.17) is 0 Å². The van der Waals surface area contributed by atoms with Crippen molar-refractivity contribution in [3.8, 4) is 0 Å². The van der Waals surface area contributed by atoms with Crippen molar-refractivity contribution in [2.24, 2.45) is 5.41 Å². The van der Waals surface area contributed by atoms with E-state index in [1.807, 2.05) is 0 Å². The van der Waals surface area contributed by atoms with Gasteiger partial charge < -0.3 is 0 Å². The molecule has 0 nitrogen and oxygen atoms in total. The van der Waals surface area contributed by atoms with Gasteiger partial charge in [0.15, 0.2) is 0 Å². The fourth-order valence-corrected chi connectivity index (χ4v) is 5.08. The Hall–Kier alpha value is 0.480. The molecule has 0 rings (SSSR count). The maximum atomic E-state index is 4.33. The van der Waals surface area contributed by atoms with Crippen LogP contribution in [0.2, 0.25) is 0 Å². The van der Waals surface area contributed by atoms with Gasteiger partial charge in [-0.1, -0.05) is 102 Å². The summed E-state index contributed by atoms with van der Waals surface area (Å²) in [5.74, 6) is 0. The maximum absolute atomic E-state index is 4.33. The molecule has 0 aromatic heterocycles. The zero-order valence-electron chi connectivity index (χ0n) is 15.6. The van der Waals surface area contributed by atoms with Crippen LogP contribution < -0.4 is 0 Å². The average molecular weight is 361 g/mol. The Morgan fingerprint density at radius 1 is 0.571 bits per heavy atom. The first-order valence-corrected chi connectivity index (χ1v) is 10.5. The molecule has 0 aliphatic carbocycles. The smallest absolute Gasteiger partial charge is 0.0314 e. The lowest BCUT2D eigenvalue weighted by molar-refractivity contribution is 0.127. The number of hydrogen-bond acceptors (Lipinski definition) is 0. The topological polar surface area (TPSA) is 0 Å². The van der Waals surface area contributed by atoms with Crippen molar-refractivity contribution in [3.05, 3.63) is 0 Å². The summed E-state index contributed by atoms with van der Waals surface area (Å²) >= 11 is 4.33. The van der Waals surface area contributed by atoms with Crippen molar-refractivity contribution in [3.63, 3.8) is 0 Å². The van der Waals surface area contributed by atoms with Crippen molar-refractivity contribution < 1.29 is 0 Å². The minimum Gasteiger partial charge on any atom is -0.0847 e. The number of halogens is 1. The quantitative estimate of drug-likeness (QED) is 0.273. The standard InChI is InChI=1S/C20H41Br/c1-6-11-15-19(10-5,16-12-7-2)20(21,17-13-8-3)18-14-9-4/h6-18H2,1-5H3.